The van der Waals surface area contributed by atoms with Gasteiger partial charge in [0, 0.05) is 22.7 Å². The van der Waals surface area contributed by atoms with Crippen molar-refractivity contribution in [3.05, 3.63) is 26.9 Å². The lowest BCUT2D eigenvalue weighted by Crippen LogP contribution is -2.15. The molecule has 0 amide bonds. The van der Waals surface area contributed by atoms with E-state index in [-0.39, 0.29) is 0 Å². The highest BCUT2D eigenvalue weighted by atomic mass is 32.1. The van der Waals surface area contributed by atoms with Crippen LogP contribution in [0.3, 0.4) is 0 Å². The number of rotatable bonds is 4. The summed E-state index contributed by atoms with van der Waals surface area (Å²) < 4.78 is 0. The first-order chi connectivity index (χ1) is 8.06. The molecule has 3 nitrogen and oxygen atoms in total. The number of nitrogens with zero attached hydrogens (tertiary/aromatic N) is 3. The molecule has 0 saturated heterocycles. The van der Waals surface area contributed by atoms with Crippen molar-refractivity contribution in [2.24, 2.45) is 0 Å². The molecule has 2 rings (SSSR count). The molecule has 0 fully saturated rings. The average Bonchev–Trinajstić information content (AvgIpc) is 2.86. The third kappa shape index (κ3) is 3.04. The molecule has 0 spiro atoms. The van der Waals surface area contributed by atoms with Crippen molar-refractivity contribution in [1.82, 2.24) is 10.2 Å². The van der Waals surface area contributed by atoms with Crippen LogP contribution in [0.2, 0.25) is 0 Å². The van der Waals surface area contributed by atoms with E-state index in [2.05, 4.69) is 55.0 Å². The van der Waals surface area contributed by atoms with Gasteiger partial charge in [0.1, 0.15) is 5.01 Å². The number of aryl methyl sites for hydroxylation is 1. The van der Waals surface area contributed by atoms with E-state index in [0.29, 0.717) is 5.92 Å². The summed E-state index contributed by atoms with van der Waals surface area (Å²) in [5, 5.41) is 10.6. The van der Waals surface area contributed by atoms with Gasteiger partial charge >= 0.3 is 0 Å². The number of anilines is 1. The van der Waals surface area contributed by atoms with E-state index in [1.807, 2.05) is 11.3 Å². The molecule has 0 N–H and O–H groups in total. The number of hydrogen-bond acceptors (Lipinski definition) is 5. The van der Waals surface area contributed by atoms with Crippen molar-refractivity contribution in [2.75, 3.05) is 11.9 Å². The fourth-order valence-corrected chi connectivity index (χ4v) is 3.24. The Balaban J connectivity index is 2.06. The van der Waals surface area contributed by atoms with Gasteiger partial charge in [0.2, 0.25) is 5.13 Å². The molecule has 2 aromatic rings. The summed E-state index contributed by atoms with van der Waals surface area (Å²) in [7, 11) is 2.07. The van der Waals surface area contributed by atoms with Gasteiger partial charge in [-0.1, -0.05) is 25.2 Å². The number of aromatic nitrogens is 2. The highest BCUT2D eigenvalue weighted by Gasteiger charge is 2.11. The molecule has 2 aromatic heterocycles. The molecule has 0 unspecified atom stereocenters. The zero-order valence-electron chi connectivity index (χ0n) is 10.6. The summed E-state index contributed by atoms with van der Waals surface area (Å²) in [5.41, 5.74) is 0. The molecule has 0 radical (unpaired) electrons. The van der Waals surface area contributed by atoms with Gasteiger partial charge in [0.15, 0.2) is 0 Å². The maximum atomic E-state index is 4.24. The fourth-order valence-electron chi connectivity index (χ4n) is 1.49. The van der Waals surface area contributed by atoms with Crippen molar-refractivity contribution >= 4 is 27.8 Å². The summed E-state index contributed by atoms with van der Waals surface area (Å²) in [6.07, 6.45) is 0. The van der Waals surface area contributed by atoms with Crippen LogP contribution >= 0.6 is 22.7 Å². The van der Waals surface area contributed by atoms with Gasteiger partial charge in [-0.15, -0.1) is 21.5 Å². The second kappa shape index (κ2) is 5.14. The first-order valence-corrected chi connectivity index (χ1v) is 7.29. The lowest BCUT2D eigenvalue weighted by molar-refractivity contribution is 0.818. The van der Waals surface area contributed by atoms with Crippen molar-refractivity contribution < 1.29 is 0 Å². The zero-order valence-corrected chi connectivity index (χ0v) is 12.2. The molecule has 0 aliphatic rings. The third-order valence-corrected chi connectivity index (χ3v) is 4.76. The predicted octanol–water partition coefficient (Wildman–Crippen LogP) is 3.67. The Morgan fingerprint density at radius 3 is 2.53 bits per heavy atom. The van der Waals surface area contributed by atoms with E-state index >= 15 is 0 Å². The van der Waals surface area contributed by atoms with Crippen LogP contribution in [0.5, 0.6) is 0 Å². The normalized spacial score (nSPS) is 11.1. The third-order valence-electron chi connectivity index (χ3n) is 2.44. The molecular weight excluding hydrogens is 250 g/mol. The second-order valence-electron chi connectivity index (χ2n) is 4.45. The van der Waals surface area contributed by atoms with E-state index in [0.717, 1.165) is 16.7 Å². The van der Waals surface area contributed by atoms with Crippen molar-refractivity contribution in [2.45, 2.75) is 33.2 Å². The van der Waals surface area contributed by atoms with Gasteiger partial charge in [0.05, 0.1) is 6.54 Å². The number of hydrogen-bond donors (Lipinski definition) is 0. The summed E-state index contributed by atoms with van der Waals surface area (Å²) in [5.74, 6) is 0.457. The van der Waals surface area contributed by atoms with E-state index < -0.39 is 0 Å². The second-order valence-corrected chi connectivity index (χ2v) is 6.81. The maximum Gasteiger partial charge on any atom is 0.208 e. The lowest BCUT2D eigenvalue weighted by Gasteiger charge is -2.13. The average molecular weight is 267 g/mol. The van der Waals surface area contributed by atoms with Gasteiger partial charge in [-0.25, -0.2) is 0 Å². The predicted molar refractivity (Wildman–Crippen MR) is 75.2 cm³/mol. The molecule has 0 aliphatic carbocycles. The van der Waals surface area contributed by atoms with Gasteiger partial charge in [-0.05, 0) is 19.1 Å². The molecule has 92 valence electrons. The van der Waals surface area contributed by atoms with Gasteiger partial charge in [-0.3, -0.25) is 0 Å². The van der Waals surface area contributed by atoms with Crippen molar-refractivity contribution in [3.63, 3.8) is 0 Å². The molecular formula is C12H17N3S2. The zero-order chi connectivity index (χ0) is 12.4. The summed E-state index contributed by atoms with van der Waals surface area (Å²) in [6, 6.07) is 4.34. The van der Waals surface area contributed by atoms with Crippen molar-refractivity contribution in [3.8, 4) is 0 Å². The van der Waals surface area contributed by atoms with E-state index in [9.17, 15) is 0 Å². The lowest BCUT2D eigenvalue weighted by atomic mass is 10.2. The highest BCUT2D eigenvalue weighted by Crippen LogP contribution is 2.26. The minimum atomic E-state index is 0.457. The van der Waals surface area contributed by atoms with Gasteiger partial charge < -0.3 is 4.90 Å². The first kappa shape index (κ1) is 12.5. The fraction of sp³-hybridized carbons (Fsp3) is 0.500. The summed E-state index contributed by atoms with van der Waals surface area (Å²) >= 11 is 3.52. The quantitative estimate of drug-likeness (QED) is 0.846. The molecule has 5 heteroatoms. The molecule has 0 atom stereocenters. The monoisotopic (exact) mass is 267 g/mol. The SMILES string of the molecule is Cc1ccc(CN(C)c2nnc(C(C)C)s2)s1. The minimum absolute atomic E-state index is 0.457. The Hall–Kier alpha value is -0.940. The van der Waals surface area contributed by atoms with Crippen LogP contribution < -0.4 is 4.90 Å². The van der Waals surface area contributed by atoms with Crippen LogP contribution in [-0.2, 0) is 6.54 Å². The smallest absolute Gasteiger partial charge is 0.208 e. The van der Waals surface area contributed by atoms with Crippen LogP contribution in [0.1, 0.15) is 34.5 Å². The minimum Gasteiger partial charge on any atom is -0.345 e. The highest BCUT2D eigenvalue weighted by molar-refractivity contribution is 7.15. The Morgan fingerprint density at radius 2 is 2.00 bits per heavy atom. The van der Waals surface area contributed by atoms with E-state index in [1.54, 1.807) is 11.3 Å². The van der Waals surface area contributed by atoms with Gasteiger partial charge in [-0.2, -0.15) is 0 Å². The molecule has 0 aliphatic heterocycles. The Morgan fingerprint density at radius 1 is 1.24 bits per heavy atom. The molecule has 0 aromatic carbocycles. The molecule has 2 heterocycles. The standard InChI is InChI=1S/C12H17N3S2/c1-8(2)11-13-14-12(17-11)15(4)7-10-6-5-9(3)16-10/h5-6,8H,7H2,1-4H3. The van der Waals surface area contributed by atoms with E-state index in [1.165, 1.54) is 9.75 Å². The summed E-state index contributed by atoms with van der Waals surface area (Å²) in [4.78, 5) is 4.88. The van der Waals surface area contributed by atoms with Crippen LogP contribution in [0.4, 0.5) is 5.13 Å². The van der Waals surface area contributed by atoms with E-state index in [4.69, 9.17) is 0 Å². The Kier molecular flexibility index (Phi) is 3.79. The maximum absolute atomic E-state index is 4.24. The topological polar surface area (TPSA) is 29.0 Å². The van der Waals surface area contributed by atoms with Crippen LogP contribution in [0.15, 0.2) is 12.1 Å². The first-order valence-electron chi connectivity index (χ1n) is 5.66. The van der Waals surface area contributed by atoms with Gasteiger partial charge in [0.25, 0.3) is 0 Å². The molecule has 0 saturated carbocycles. The van der Waals surface area contributed by atoms with Crippen LogP contribution in [0, 0.1) is 6.92 Å². The number of thiophene rings is 1. The Labute approximate surface area is 110 Å². The Bertz CT molecular complexity index is 487. The molecule has 0 bridgehead atoms. The van der Waals surface area contributed by atoms with Crippen LogP contribution in [0.25, 0.3) is 0 Å². The molecule has 17 heavy (non-hydrogen) atoms. The largest absolute Gasteiger partial charge is 0.345 e. The summed E-state index contributed by atoms with van der Waals surface area (Å²) in [6.45, 7) is 7.33. The van der Waals surface area contributed by atoms with Crippen LogP contribution in [-0.4, -0.2) is 17.2 Å². The van der Waals surface area contributed by atoms with Crippen molar-refractivity contribution in [1.29, 1.82) is 0 Å².